The molecular weight excluding hydrogens is 254 g/mol. The molecule has 1 atom stereocenters. The van der Waals surface area contributed by atoms with Crippen LogP contribution in [0.1, 0.15) is 41.0 Å². The minimum absolute atomic E-state index is 0.171. The summed E-state index contributed by atoms with van der Waals surface area (Å²) in [4.78, 5) is 34.3. The summed E-state index contributed by atoms with van der Waals surface area (Å²) >= 11 is 1.10. The van der Waals surface area contributed by atoms with E-state index in [9.17, 15) is 14.4 Å². The second kappa shape index (κ2) is 7.41. The van der Waals surface area contributed by atoms with Gasteiger partial charge in [0, 0.05) is 0 Å². The molecule has 0 aliphatic carbocycles. The van der Waals surface area contributed by atoms with E-state index in [0.29, 0.717) is 5.75 Å². The molecule has 0 spiro atoms. The van der Waals surface area contributed by atoms with E-state index in [1.165, 1.54) is 6.92 Å². The van der Waals surface area contributed by atoms with Crippen molar-refractivity contribution < 1.29 is 19.1 Å². The van der Waals surface area contributed by atoms with E-state index < -0.39 is 17.7 Å². The Morgan fingerprint density at radius 1 is 1.28 bits per heavy atom. The van der Waals surface area contributed by atoms with Crippen molar-refractivity contribution in [3.05, 3.63) is 0 Å². The van der Waals surface area contributed by atoms with E-state index >= 15 is 0 Å². The minimum atomic E-state index is -0.721. The Balaban J connectivity index is 4.16. The molecular formula is C12H21NO4S. The third kappa shape index (κ3) is 8.11. The molecule has 0 saturated heterocycles. The molecule has 0 saturated carbocycles. The number of alkyl carbamates (subject to hydrolysis) is 1. The van der Waals surface area contributed by atoms with Crippen molar-refractivity contribution in [2.24, 2.45) is 0 Å². The Bertz CT molecular complexity index is 323. The Labute approximate surface area is 112 Å². The molecule has 0 bridgehead atoms. The molecule has 0 aromatic heterocycles. The molecule has 1 amide bonds. The van der Waals surface area contributed by atoms with E-state index in [0.717, 1.165) is 11.8 Å². The van der Waals surface area contributed by atoms with E-state index in [1.807, 2.05) is 6.92 Å². The highest BCUT2D eigenvalue weighted by molar-refractivity contribution is 8.13. The topological polar surface area (TPSA) is 72.5 Å². The van der Waals surface area contributed by atoms with E-state index in [4.69, 9.17) is 4.74 Å². The van der Waals surface area contributed by atoms with Crippen LogP contribution in [0.2, 0.25) is 0 Å². The monoisotopic (exact) mass is 275 g/mol. The summed E-state index contributed by atoms with van der Waals surface area (Å²) in [6, 6.07) is -0.721. The van der Waals surface area contributed by atoms with Gasteiger partial charge in [0.25, 0.3) is 0 Å². The highest BCUT2D eigenvalue weighted by Crippen LogP contribution is 2.08. The van der Waals surface area contributed by atoms with Crippen molar-refractivity contribution in [2.75, 3.05) is 5.75 Å². The summed E-state index contributed by atoms with van der Waals surface area (Å²) in [5.41, 5.74) is -0.610. The van der Waals surface area contributed by atoms with Gasteiger partial charge in [0.15, 0.2) is 10.9 Å². The molecule has 0 aliphatic heterocycles. The number of rotatable bonds is 5. The van der Waals surface area contributed by atoms with Crippen LogP contribution in [-0.4, -0.2) is 34.4 Å². The Morgan fingerprint density at radius 2 is 1.83 bits per heavy atom. The smallest absolute Gasteiger partial charge is 0.408 e. The van der Waals surface area contributed by atoms with Gasteiger partial charge >= 0.3 is 6.09 Å². The maximum absolute atomic E-state index is 11.6. The highest BCUT2D eigenvalue weighted by Gasteiger charge is 2.22. The molecule has 0 fully saturated rings. The number of Topliss-reactive ketones (excluding diaryl/α,β-unsaturated/α-hetero) is 1. The molecule has 1 N–H and O–H groups in total. The zero-order chi connectivity index (χ0) is 14.3. The van der Waals surface area contributed by atoms with Gasteiger partial charge in [0.05, 0.1) is 12.5 Å². The normalized spacial score (nSPS) is 12.7. The van der Waals surface area contributed by atoms with Crippen molar-refractivity contribution >= 4 is 28.8 Å². The molecule has 0 aromatic carbocycles. The highest BCUT2D eigenvalue weighted by atomic mass is 32.2. The van der Waals surface area contributed by atoms with Crippen LogP contribution in [0, 0.1) is 0 Å². The summed E-state index contributed by atoms with van der Waals surface area (Å²) < 4.78 is 5.02. The van der Waals surface area contributed by atoms with E-state index in [-0.39, 0.29) is 17.3 Å². The molecule has 0 aromatic rings. The van der Waals surface area contributed by atoms with Crippen molar-refractivity contribution in [2.45, 2.75) is 52.7 Å². The first-order valence-corrected chi connectivity index (χ1v) is 6.82. The zero-order valence-electron chi connectivity index (χ0n) is 11.5. The number of nitrogens with one attached hydrogen (secondary N) is 1. The molecule has 6 heteroatoms. The van der Waals surface area contributed by atoms with Crippen molar-refractivity contribution in [1.82, 2.24) is 5.32 Å². The van der Waals surface area contributed by atoms with Crippen LogP contribution in [0.5, 0.6) is 0 Å². The Kier molecular flexibility index (Phi) is 6.98. The second-order valence-electron chi connectivity index (χ2n) is 4.82. The van der Waals surface area contributed by atoms with Gasteiger partial charge in [-0.1, -0.05) is 18.7 Å². The first kappa shape index (κ1) is 17.0. The fourth-order valence-electron chi connectivity index (χ4n) is 1.07. The Morgan fingerprint density at radius 3 is 2.28 bits per heavy atom. The van der Waals surface area contributed by atoms with Crippen LogP contribution >= 0.6 is 11.8 Å². The van der Waals surface area contributed by atoms with Crippen LogP contribution in [-0.2, 0) is 14.3 Å². The van der Waals surface area contributed by atoms with Crippen LogP contribution in [0.25, 0.3) is 0 Å². The molecule has 104 valence electrons. The number of carbonyl (C=O) groups is 3. The Hall–Kier alpha value is -1.04. The standard InChI is InChI=1S/C12H21NO4S/c1-6-18-10(15)7-9(14)8(2)13-11(16)17-12(3,4)5/h8H,6-7H2,1-5H3,(H,13,16)/t8-/m0/s1. The molecule has 0 aliphatic rings. The summed E-state index contributed by atoms with van der Waals surface area (Å²) in [6.45, 7) is 8.59. The van der Waals surface area contributed by atoms with Crippen molar-refractivity contribution in [3.8, 4) is 0 Å². The first-order valence-electron chi connectivity index (χ1n) is 5.83. The van der Waals surface area contributed by atoms with Gasteiger partial charge in [-0.25, -0.2) is 4.79 Å². The average molecular weight is 275 g/mol. The SMILES string of the molecule is CCSC(=O)CC(=O)[C@H](C)NC(=O)OC(C)(C)C. The number of carbonyl (C=O) groups excluding carboxylic acids is 3. The maximum Gasteiger partial charge on any atom is 0.408 e. The lowest BCUT2D eigenvalue weighted by Gasteiger charge is -2.21. The molecule has 0 heterocycles. The number of ketones is 1. The quantitative estimate of drug-likeness (QED) is 0.778. The van der Waals surface area contributed by atoms with Crippen LogP contribution in [0.3, 0.4) is 0 Å². The summed E-state index contributed by atoms with van der Waals surface area (Å²) in [5.74, 6) is 0.326. The van der Waals surface area contributed by atoms with Crippen LogP contribution in [0.15, 0.2) is 0 Å². The first-order chi connectivity index (χ1) is 8.15. The van der Waals surface area contributed by atoms with Gasteiger partial charge in [-0.05, 0) is 33.4 Å². The summed E-state index contributed by atoms with van der Waals surface area (Å²) in [5, 5.41) is 2.23. The predicted molar refractivity (Wildman–Crippen MR) is 71.6 cm³/mol. The van der Waals surface area contributed by atoms with E-state index in [2.05, 4.69) is 5.32 Å². The molecule has 0 unspecified atom stereocenters. The van der Waals surface area contributed by atoms with Gasteiger partial charge in [0.1, 0.15) is 5.60 Å². The lowest BCUT2D eigenvalue weighted by atomic mass is 10.1. The van der Waals surface area contributed by atoms with Gasteiger partial charge in [-0.2, -0.15) is 0 Å². The van der Waals surface area contributed by atoms with Gasteiger partial charge in [-0.15, -0.1) is 0 Å². The minimum Gasteiger partial charge on any atom is -0.444 e. The van der Waals surface area contributed by atoms with Crippen LogP contribution < -0.4 is 5.32 Å². The third-order valence-electron chi connectivity index (χ3n) is 1.84. The number of hydrogen-bond donors (Lipinski definition) is 1. The second-order valence-corrected chi connectivity index (χ2v) is 6.14. The number of ether oxygens (including phenoxy) is 1. The largest absolute Gasteiger partial charge is 0.444 e. The predicted octanol–water partition coefficient (Wildman–Crippen LogP) is 2.14. The van der Waals surface area contributed by atoms with Crippen molar-refractivity contribution in [1.29, 1.82) is 0 Å². The van der Waals surface area contributed by atoms with Gasteiger partial charge in [-0.3, -0.25) is 9.59 Å². The molecule has 0 rings (SSSR count). The fourth-order valence-corrected chi connectivity index (χ4v) is 1.64. The van der Waals surface area contributed by atoms with Gasteiger partial charge < -0.3 is 10.1 Å². The number of hydrogen-bond acceptors (Lipinski definition) is 5. The average Bonchev–Trinajstić information content (AvgIpc) is 2.14. The summed E-state index contributed by atoms with van der Waals surface area (Å²) in [7, 11) is 0. The van der Waals surface area contributed by atoms with Crippen LogP contribution in [0.4, 0.5) is 4.79 Å². The maximum atomic E-state index is 11.6. The van der Waals surface area contributed by atoms with E-state index in [1.54, 1.807) is 20.8 Å². The fraction of sp³-hybridized carbons (Fsp3) is 0.750. The van der Waals surface area contributed by atoms with Gasteiger partial charge in [0.2, 0.25) is 0 Å². The number of amides is 1. The lowest BCUT2D eigenvalue weighted by molar-refractivity contribution is -0.124. The molecule has 18 heavy (non-hydrogen) atoms. The van der Waals surface area contributed by atoms with Crippen molar-refractivity contribution in [3.63, 3.8) is 0 Å². The zero-order valence-corrected chi connectivity index (χ0v) is 12.3. The lowest BCUT2D eigenvalue weighted by Crippen LogP contribution is -2.42. The molecule has 5 nitrogen and oxygen atoms in total. The number of thioether (sulfide) groups is 1. The third-order valence-corrected chi connectivity index (χ3v) is 2.60. The molecule has 0 radical (unpaired) electrons. The summed E-state index contributed by atoms with van der Waals surface area (Å²) in [6.07, 6.45) is -0.825.